The van der Waals surface area contributed by atoms with Crippen molar-refractivity contribution in [2.75, 3.05) is 5.32 Å². The van der Waals surface area contributed by atoms with Crippen LogP contribution in [0.25, 0.3) is 0 Å². The Morgan fingerprint density at radius 1 is 1.32 bits per heavy atom. The van der Waals surface area contributed by atoms with Crippen LogP contribution in [0.1, 0.15) is 32.6 Å². The number of carbonyl (C=O) groups excluding carboxylic acids is 1. The molecular formula is C15H16BrNOS. The molecule has 0 saturated heterocycles. The summed E-state index contributed by atoms with van der Waals surface area (Å²) in [5, 5.41) is 3.00. The lowest BCUT2D eigenvalue weighted by Gasteiger charge is -2.09. The Bertz CT molecular complexity index is 599. The van der Waals surface area contributed by atoms with E-state index in [1.54, 1.807) is 0 Å². The average molecular weight is 338 g/mol. The zero-order valence-electron chi connectivity index (χ0n) is 11.2. The molecule has 1 aromatic heterocycles. The number of anilines is 1. The molecule has 1 N–H and O–H groups in total. The van der Waals surface area contributed by atoms with Gasteiger partial charge >= 0.3 is 0 Å². The van der Waals surface area contributed by atoms with Gasteiger partial charge < -0.3 is 5.32 Å². The molecular weight excluding hydrogens is 322 g/mol. The summed E-state index contributed by atoms with van der Waals surface area (Å²) in [7, 11) is 0. The first-order chi connectivity index (χ1) is 9.01. The van der Waals surface area contributed by atoms with Gasteiger partial charge in [0.1, 0.15) is 0 Å². The predicted molar refractivity (Wildman–Crippen MR) is 85.3 cm³/mol. The molecule has 0 unspecified atom stereocenters. The first-order valence-corrected chi connectivity index (χ1v) is 7.79. The SMILES string of the molecule is CCc1cc(Br)ccc1NC(=O)c1cc(C)c(C)s1. The van der Waals surface area contributed by atoms with Crippen LogP contribution in [0.4, 0.5) is 5.69 Å². The van der Waals surface area contributed by atoms with E-state index in [9.17, 15) is 4.79 Å². The lowest BCUT2D eigenvalue weighted by Crippen LogP contribution is -2.11. The second-order valence-electron chi connectivity index (χ2n) is 4.46. The summed E-state index contributed by atoms with van der Waals surface area (Å²) in [4.78, 5) is 14.2. The van der Waals surface area contributed by atoms with Gasteiger partial charge in [-0.3, -0.25) is 4.79 Å². The highest BCUT2D eigenvalue weighted by atomic mass is 79.9. The molecule has 2 nitrogen and oxygen atoms in total. The Hall–Kier alpha value is -1.13. The van der Waals surface area contributed by atoms with Crippen molar-refractivity contribution >= 4 is 38.9 Å². The number of hydrogen-bond donors (Lipinski definition) is 1. The number of halogens is 1. The Morgan fingerprint density at radius 2 is 2.05 bits per heavy atom. The van der Waals surface area contributed by atoms with E-state index in [0.717, 1.165) is 27.0 Å². The average Bonchev–Trinajstić information content (AvgIpc) is 2.72. The first kappa shape index (κ1) is 14.3. The van der Waals surface area contributed by atoms with Gasteiger partial charge in [-0.25, -0.2) is 0 Å². The molecule has 0 atom stereocenters. The first-order valence-electron chi connectivity index (χ1n) is 6.18. The van der Waals surface area contributed by atoms with Crippen LogP contribution in [-0.2, 0) is 6.42 Å². The van der Waals surface area contributed by atoms with Crippen LogP contribution in [0.3, 0.4) is 0 Å². The fourth-order valence-electron chi connectivity index (χ4n) is 1.85. The third-order valence-corrected chi connectivity index (χ3v) is 4.73. The Balaban J connectivity index is 2.23. The third-order valence-electron chi connectivity index (χ3n) is 3.09. The van der Waals surface area contributed by atoms with Crippen molar-refractivity contribution in [3.05, 3.63) is 49.6 Å². The molecule has 0 spiro atoms. The highest BCUT2D eigenvalue weighted by Gasteiger charge is 2.12. The number of nitrogens with one attached hydrogen (secondary N) is 1. The molecule has 0 fully saturated rings. The number of thiophene rings is 1. The molecule has 0 saturated carbocycles. The molecule has 0 radical (unpaired) electrons. The molecule has 0 bridgehead atoms. The quantitative estimate of drug-likeness (QED) is 0.844. The Morgan fingerprint density at radius 3 is 2.63 bits per heavy atom. The predicted octanol–water partition coefficient (Wildman–Crippen LogP) is 4.94. The standard InChI is InChI=1S/C15H16BrNOS/c1-4-11-8-12(16)5-6-13(11)17-15(18)14-7-9(2)10(3)19-14/h5-8H,4H2,1-3H3,(H,17,18). The number of hydrogen-bond acceptors (Lipinski definition) is 2. The molecule has 1 amide bonds. The topological polar surface area (TPSA) is 29.1 Å². The van der Waals surface area contributed by atoms with Gasteiger partial charge in [0, 0.05) is 15.0 Å². The largest absolute Gasteiger partial charge is 0.321 e. The second-order valence-corrected chi connectivity index (χ2v) is 6.63. The molecule has 19 heavy (non-hydrogen) atoms. The number of carbonyl (C=O) groups is 1. The fourth-order valence-corrected chi connectivity index (χ4v) is 3.18. The molecule has 100 valence electrons. The molecule has 2 rings (SSSR count). The molecule has 1 heterocycles. The summed E-state index contributed by atoms with van der Waals surface area (Å²) < 4.78 is 1.03. The van der Waals surface area contributed by atoms with Crippen LogP contribution >= 0.6 is 27.3 Å². The normalized spacial score (nSPS) is 10.5. The Labute approximate surface area is 126 Å². The van der Waals surface area contributed by atoms with Gasteiger partial charge in [0.25, 0.3) is 5.91 Å². The van der Waals surface area contributed by atoms with E-state index >= 15 is 0 Å². The second kappa shape index (κ2) is 5.88. The molecule has 0 aliphatic rings. The van der Waals surface area contributed by atoms with Gasteiger partial charge in [-0.1, -0.05) is 22.9 Å². The van der Waals surface area contributed by atoms with Crippen molar-refractivity contribution in [2.45, 2.75) is 27.2 Å². The minimum absolute atomic E-state index is 0.0294. The van der Waals surface area contributed by atoms with E-state index in [1.807, 2.05) is 38.1 Å². The van der Waals surface area contributed by atoms with Gasteiger partial charge in [0.15, 0.2) is 0 Å². The maximum Gasteiger partial charge on any atom is 0.265 e. The van der Waals surface area contributed by atoms with Crippen molar-refractivity contribution in [3.63, 3.8) is 0 Å². The minimum Gasteiger partial charge on any atom is -0.321 e. The smallest absolute Gasteiger partial charge is 0.265 e. The summed E-state index contributed by atoms with van der Waals surface area (Å²) in [5.74, 6) is -0.0294. The fraction of sp³-hybridized carbons (Fsp3) is 0.267. The lowest BCUT2D eigenvalue weighted by molar-refractivity contribution is 0.103. The van der Waals surface area contributed by atoms with Crippen LogP contribution in [0.5, 0.6) is 0 Å². The summed E-state index contributed by atoms with van der Waals surface area (Å²) in [6.07, 6.45) is 0.886. The maximum absolute atomic E-state index is 12.2. The van der Waals surface area contributed by atoms with E-state index < -0.39 is 0 Å². The van der Waals surface area contributed by atoms with Gasteiger partial charge in [-0.2, -0.15) is 0 Å². The van der Waals surface area contributed by atoms with Crippen molar-refractivity contribution in [1.82, 2.24) is 0 Å². The summed E-state index contributed by atoms with van der Waals surface area (Å²) in [5.41, 5.74) is 3.19. The van der Waals surface area contributed by atoms with Gasteiger partial charge in [0.05, 0.1) is 4.88 Å². The van der Waals surface area contributed by atoms with Crippen LogP contribution in [0.2, 0.25) is 0 Å². The highest BCUT2D eigenvalue weighted by molar-refractivity contribution is 9.10. The van der Waals surface area contributed by atoms with E-state index in [1.165, 1.54) is 21.8 Å². The van der Waals surface area contributed by atoms with Crippen molar-refractivity contribution in [1.29, 1.82) is 0 Å². The lowest BCUT2D eigenvalue weighted by atomic mass is 10.1. The highest BCUT2D eigenvalue weighted by Crippen LogP contribution is 2.25. The third kappa shape index (κ3) is 3.25. The zero-order chi connectivity index (χ0) is 14.0. The number of aryl methyl sites for hydroxylation is 3. The summed E-state index contributed by atoms with van der Waals surface area (Å²) in [6, 6.07) is 7.87. The summed E-state index contributed by atoms with van der Waals surface area (Å²) >= 11 is 4.99. The van der Waals surface area contributed by atoms with Crippen LogP contribution < -0.4 is 5.32 Å². The van der Waals surface area contributed by atoms with Crippen molar-refractivity contribution in [3.8, 4) is 0 Å². The van der Waals surface area contributed by atoms with E-state index in [0.29, 0.717) is 0 Å². The van der Waals surface area contributed by atoms with Gasteiger partial charge in [-0.05, 0) is 55.7 Å². The van der Waals surface area contributed by atoms with Crippen LogP contribution in [0, 0.1) is 13.8 Å². The van der Waals surface area contributed by atoms with Crippen molar-refractivity contribution in [2.24, 2.45) is 0 Å². The van der Waals surface area contributed by atoms with Gasteiger partial charge in [0.2, 0.25) is 0 Å². The number of benzene rings is 1. The van der Waals surface area contributed by atoms with E-state index in [-0.39, 0.29) is 5.91 Å². The molecule has 2 aromatic rings. The number of amides is 1. The van der Waals surface area contributed by atoms with E-state index in [2.05, 4.69) is 28.2 Å². The zero-order valence-corrected chi connectivity index (χ0v) is 13.6. The molecule has 4 heteroatoms. The molecule has 1 aromatic carbocycles. The van der Waals surface area contributed by atoms with Crippen LogP contribution in [-0.4, -0.2) is 5.91 Å². The molecule has 0 aliphatic heterocycles. The van der Waals surface area contributed by atoms with Crippen LogP contribution in [0.15, 0.2) is 28.7 Å². The van der Waals surface area contributed by atoms with Gasteiger partial charge in [-0.15, -0.1) is 11.3 Å². The number of rotatable bonds is 3. The maximum atomic E-state index is 12.2. The summed E-state index contributed by atoms with van der Waals surface area (Å²) in [6.45, 7) is 6.14. The van der Waals surface area contributed by atoms with E-state index in [4.69, 9.17) is 0 Å². The monoisotopic (exact) mass is 337 g/mol. The minimum atomic E-state index is -0.0294. The Kier molecular flexibility index (Phi) is 4.42. The molecule has 0 aliphatic carbocycles. The van der Waals surface area contributed by atoms with Crippen molar-refractivity contribution < 1.29 is 4.79 Å².